The van der Waals surface area contributed by atoms with Crippen LogP contribution in [0.2, 0.25) is 0 Å². The third-order valence-electron chi connectivity index (χ3n) is 3.15. The van der Waals surface area contributed by atoms with Crippen molar-refractivity contribution in [2.45, 2.75) is 26.3 Å². The number of carboxylic acids is 1. The van der Waals surface area contributed by atoms with Gasteiger partial charge in [-0.25, -0.2) is 4.79 Å². The van der Waals surface area contributed by atoms with Crippen LogP contribution in [0, 0.1) is 0 Å². The molecular weight excluding hydrogens is 310 g/mol. The minimum Gasteiger partial charge on any atom is -0.493 e. The van der Waals surface area contributed by atoms with Gasteiger partial charge in [0.05, 0.1) is 7.11 Å². The number of rotatable bonds is 9. The van der Waals surface area contributed by atoms with Crippen LogP contribution in [0.25, 0.3) is 6.08 Å². The number of ether oxygens (including phenoxy) is 2. The molecule has 0 aliphatic heterocycles. The van der Waals surface area contributed by atoms with Crippen LogP contribution in [0.5, 0.6) is 11.5 Å². The minimum atomic E-state index is -1.09. The van der Waals surface area contributed by atoms with Gasteiger partial charge in [0.2, 0.25) is 0 Å². The summed E-state index contributed by atoms with van der Waals surface area (Å²) in [6.07, 6.45) is 7.45. The van der Waals surface area contributed by atoms with Gasteiger partial charge < -0.3 is 19.9 Å². The highest BCUT2D eigenvalue weighted by molar-refractivity contribution is 5.84. The zero-order valence-electron chi connectivity index (χ0n) is 14.1. The van der Waals surface area contributed by atoms with Gasteiger partial charge in [-0.3, -0.25) is 4.79 Å². The lowest BCUT2D eigenvalue weighted by molar-refractivity contribution is -0.142. The van der Waals surface area contributed by atoms with Crippen LogP contribution in [-0.4, -0.2) is 36.7 Å². The highest BCUT2D eigenvalue weighted by Gasteiger charge is 2.19. The Morgan fingerprint density at radius 2 is 2.00 bits per heavy atom. The summed E-state index contributed by atoms with van der Waals surface area (Å²) < 4.78 is 10.7. The molecule has 0 radical (unpaired) electrons. The fraction of sp³-hybridized carbons (Fsp3) is 0.333. The van der Waals surface area contributed by atoms with E-state index in [2.05, 4.69) is 5.32 Å². The molecule has 0 heterocycles. The van der Waals surface area contributed by atoms with Crippen LogP contribution in [0.4, 0.5) is 0 Å². The molecule has 1 rings (SSSR count). The number of methoxy groups -OCH3 is 1. The molecule has 24 heavy (non-hydrogen) atoms. The van der Waals surface area contributed by atoms with E-state index in [4.69, 9.17) is 14.6 Å². The van der Waals surface area contributed by atoms with E-state index in [0.717, 1.165) is 5.56 Å². The molecule has 0 spiro atoms. The lowest BCUT2D eigenvalue weighted by Gasteiger charge is -2.14. The average molecular weight is 333 g/mol. The standard InChI is InChI=1S/C18H23NO5/c1-4-6-8-14(18(21)22)19-17(20)12-24-15-10-9-13(7-5-2)11-16(15)23-3/h4-7,9-11,14H,8,12H2,1-3H3,(H,19,20)(H,21,22)/b6-4+,7-5+. The van der Waals surface area contributed by atoms with Crippen molar-refractivity contribution in [2.24, 2.45) is 0 Å². The molecule has 1 amide bonds. The number of carbonyl (C=O) groups excluding carboxylic acids is 1. The monoisotopic (exact) mass is 333 g/mol. The Morgan fingerprint density at radius 3 is 2.58 bits per heavy atom. The van der Waals surface area contributed by atoms with Gasteiger partial charge in [-0.15, -0.1) is 0 Å². The topological polar surface area (TPSA) is 84.9 Å². The zero-order valence-corrected chi connectivity index (χ0v) is 14.1. The summed E-state index contributed by atoms with van der Waals surface area (Å²) in [5.41, 5.74) is 0.948. The van der Waals surface area contributed by atoms with Crippen molar-refractivity contribution in [3.63, 3.8) is 0 Å². The smallest absolute Gasteiger partial charge is 0.326 e. The Bertz CT molecular complexity index is 622. The highest BCUT2D eigenvalue weighted by Crippen LogP contribution is 2.28. The number of nitrogens with one attached hydrogen (secondary N) is 1. The fourth-order valence-corrected chi connectivity index (χ4v) is 1.97. The lowest BCUT2D eigenvalue weighted by atomic mass is 10.2. The molecular formula is C18H23NO5. The van der Waals surface area contributed by atoms with Crippen molar-refractivity contribution in [3.05, 3.63) is 42.0 Å². The maximum Gasteiger partial charge on any atom is 0.326 e. The summed E-state index contributed by atoms with van der Waals surface area (Å²) in [6.45, 7) is 3.40. The Hall–Kier alpha value is -2.76. The van der Waals surface area contributed by atoms with Crippen LogP contribution < -0.4 is 14.8 Å². The van der Waals surface area contributed by atoms with Gasteiger partial charge >= 0.3 is 5.97 Å². The number of carboxylic acid groups (broad SMARTS) is 1. The van der Waals surface area contributed by atoms with E-state index >= 15 is 0 Å². The Labute approximate surface area is 141 Å². The summed E-state index contributed by atoms with van der Waals surface area (Å²) in [7, 11) is 1.51. The molecule has 0 aliphatic carbocycles. The predicted octanol–water partition coefficient (Wildman–Crippen LogP) is 2.64. The number of allylic oxidation sites excluding steroid dienone is 2. The van der Waals surface area contributed by atoms with Crippen LogP contribution in [0.1, 0.15) is 25.8 Å². The number of hydrogen-bond acceptors (Lipinski definition) is 4. The quantitative estimate of drug-likeness (QED) is 0.679. The van der Waals surface area contributed by atoms with Crippen LogP contribution >= 0.6 is 0 Å². The second kappa shape index (κ2) is 10.1. The number of amides is 1. The van der Waals surface area contributed by atoms with Crippen LogP contribution in [0.3, 0.4) is 0 Å². The molecule has 1 aromatic rings. The molecule has 6 nitrogen and oxygen atoms in total. The summed E-state index contributed by atoms with van der Waals surface area (Å²) in [4.78, 5) is 23.0. The molecule has 1 unspecified atom stereocenters. The minimum absolute atomic E-state index is 0.221. The predicted molar refractivity (Wildman–Crippen MR) is 92.2 cm³/mol. The molecule has 0 fully saturated rings. The molecule has 0 saturated heterocycles. The molecule has 130 valence electrons. The first kappa shape index (κ1) is 19.3. The number of hydrogen-bond donors (Lipinski definition) is 2. The summed E-state index contributed by atoms with van der Waals surface area (Å²) in [5, 5.41) is 11.5. The first-order valence-corrected chi connectivity index (χ1v) is 7.58. The molecule has 0 aromatic heterocycles. The third kappa shape index (κ3) is 6.16. The van der Waals surface area contributed by atoms with E-state index in [1.165, 1.54) is 7.11 Å². The van der Waals surface area contributed by atoms with Gasteiger partial charge in [0.15, 0.2) is 18.1 Å². The molecule has 0 saturated carbocycles. The molecule has 0 aliphatic rings. The largest absolute Gasteiger partial charge is 0.493 e. The Kier molecular flexibility index (Phi) is 8.11. The highest BCUT2D eigenvalue weighted by atomic mass is 16.5. The van der Waals surface area contributed by atoms with E-state index in [0.29, 0.717) is 11.5 Å². The number of aliphatic carboxylic acids is 1. The Balaban J connectivity index is 2.67. The van der Waals surface area contributed by atoms with E-state index in [-0.39, 0.29) is 13.0 Å². The molecule has 1 atom stereocenters. The molecule has 2 N–H and O–H groups in total. The van der Waals surface area contributed by atoms with Gasteiger partial charge in [-0.05, 0) is 38.0 Å². The number of carbonyl (C=O) groups is 2. The fourth-order valence-electron chi connectivity index (χ4n) is 1.97. The van der Waals surface area contributed by atoms with Crippen LogP contribution in [-0.2, 0) is 9.59 Å². The van der Waals surface area contributed by atoms with E-state index in [9.17, 15) is 9.59 Å². The van der Waals surface area contributed by atoms with Crippen LogP contribution in [0.15, 0.2) is 36.4 Å². The number of benzene rings is 1. The van der Waals surface area contributed by atoms with E-state index < -0.39 is 17.9 Å². The van der Waals surface area contributed by atoms with Crippen molar-refractivity contribution in [1.29, 1.82) is 0 Å². The third-order valence-corrected chi connectivity index (χ3v) is 3.15. The van der Waals surface area contributed by atoms with Gasteiger partial charge in [0.1, 0.15) is 6.04 Å². The molecule has 6 heteroatoms. The Morgan fingerprint density at radius 1 is 1.25 bits per heavy atom. The molecule has 0 bridgehead atoms. The maximum atomic E-state index is 11.9. The maximum absolute atomic E-state index is 11.9. The zero-order chi connectivity index (χ0) is 17.9. The van der Waals surface area contributed by atoms with Gasteiger partial charge in [-0.2, -0.15) is 0 Å². The summed E-state index contributed by atoms with van der Waals surface area (Å²) in [5.74, 6) is -0.676. The molecule has 1 aromatic carbocycles. The van der Waals surface area contributed by atoms with E-state index in [1.54, 1.807) is 31.2 Å². The van der Waals surface area contributed by atoms with Crippen molar-refractivity contribution in [3.8, 4) is 11.5 Å². The first-order valence-electron chi connectivity index (χ1n) is 7.58. The average Bonchev–Trinajstić information content (AvgIpc) is 2.57. The van der Waals surface area contributed by atoms with E-state index in [1.807, 2.05) is 25.1 Å². The van der Waals surface area contributed by atoms with Gasteiger partial charge in [0.25, 0.3) is 5.91 Å². The summed E-state index contributed by atoms with van der Waals surface area (Å²) in [6, 6.07) is 4.35. The summed E-state index contributed by atoms with van der Waals surface area (Å²) >= 11 is 0. The van der Waals surface area contributed by atoms with Crippen molar-refractivity contribution in [1.82, 2.24) is 5.32 Å². The SMILES string of the molecule is C/C=C/CC(NC(=O)COc1ccc(/C=C/C)cc1OC)C(=O)O. The van der Waals surface area contributed by atoms with Crippen molar-refractivity contribution in [2.75, 3.05) is 13.7 Å². The first-order chi connectivity index (χ1) is 11.5. The second-order valence-corrected chi connectivity index (χ2v) is 4.96. The van der Waals surface area contributed by atoms with Crippen molar-refractivity contribution < 1.29 is 24.2 Å². The second-order valence-electron chi connectivity index (χ2n) is 4.96. The van der Waals surface area contributed by atoms with Crippen molar-refractivity contribution >= 4 is 18.0 Å². The van der Waals surface area contributed by atoms with Gasteiger partial charge in [-0.1, -0.05) is 30.4 Å². The lowest BCUT2D eigenvalue weighted by Crippen LogP contribution is -2.42. The van der Waals surface area contributed by atoms with Gasteiger partial charge in [0, 0.05) is 0 Å². The normalized spacial score (nSPS) is 12.3.